The van der Waals surface area contributed by atoms with E-state index in [2.05, 4.69) is 5.32 Å². The van der Waals surface area contributed by atoms with Crippen molar-refractivity contribution in [3.8, 4) is 17.2 Å². The summed E-state index contributed by atoms with van der Waals surface area (Å²) in [5.41, 5.74) is 4.59. The minimum atomic E-state index is -0.622. The highest BCUT2D eigenvalue weighted by atomic mass is 32.2. The fourth-order valence-electron chi connectivity index (χ4n) is 5.93. The van der Waals surface area contributed by atoms with E-state index >= 15 is 0 Å². The number of anilines is 1. The van der Waals surface area contributed by atoms with Crippen LogP contribution in [-0.4, -0.2) is 43.1 Å². The van der Waals surface area contributed by atoms with Crippen molar-refractivity contribution in [3.05, 3.63) is 155 Å². The molecule has 0 saturated carbocycles. The highest BCUT2D eigenvalue weighted by Crippen LogP contribution is 2.47. The number of ether oxygens (including phenoxy) is 3. The number of nitrogens with one attached hydrogen (secondary N) is 1. The Morgan fingerprint density at radius 1 is 0.765 bits per heavy atom. The first-order valence-electron chi connectivity index (χ1n) is 16.9. The topological polar surface area (TPSA) is 94.2 Å². The Morgan fingerprint density at radius 3 is 2.22 bits per heavy atom. The Hall–Kier alpha value is -5.54. The Labute approximate surface area is 302 Å². The summed E-state index contributed by atoms with van der Waals surface area (Å²) in [6.07, 6.45) is 0.613. The van der Waals surface area contributed by atoms with Crippen LogP contribution in [0.1, 0.15) is 51.3 Å². The Balaban J connectivity index is 1.18. The first-order valence-corrected chi connectivity index (χ1v) is 17.9. The zero-order valence-electron chi connectivity index (χ0n) is 28.6. The molecule has 1 aliphatic rings. The van der Waals surface area contributed by atoms with E-state index in [-0.39, 0.29) is 24.0 Å². The maximum atomic E-state index is 14.1. The number of carbonyl (C=O) groups is 3. The Kier molecular flexibility index (Phi) is 11.7. The standard InChI is InChI=1S/C42H40N2O6S/c1-3-49-37-25-29(17-22-36(37)48-2)23-24-43-39(45)27-38-41(47)44(34-16-10-15-33(26-34)40(46)31-13-8-5-9-14-31)42(51-38)32-18-20-35(21-19-32)50-28-30-11-6-4-7-12-30/h4-22,25-26,38,42H,3,23-24,27-28H2,1-2H3,(H,43,45)/t38-,42-/m0/s1. The second-order valence-electron chi connectivity index (χ2n) is 12.0. The molecule has 0 spiro atoms. The predicted molar refractivity (Wildman–Crippen MR) is 201 cm³/mol. The smallest absolute Gasteiger partial charge is 0.241 e. The van der Waals surface area contributed by atoms with Gasteiger partial charge >= 0.3 is 0 Å². The largest absolute Gasteiger partial charge is 0.493 e. The number of hydrogen-bond donors (Lipinski definition) is 1. The summed E-state index contributed by atoms with van der Waals surface area (Å²) in [5.74, 6) is 1.50. The minimum Gasteiger partial charge on any atom is -0.493 e. The van der Waals surface area contributed by atoms with E-state index in [9.17, 15) is 14.4 Å². The molecule has 0 radical (unpaired) electrons. The van der Waals surface area contributed by atoms with Gasteiger partial charge in [-0.3, -0.25) is 19.3 Å². The molecule has 1 N–H and O–H groups in total. The van der Waals surface area contributed by atoms with Crippen molar-refractivity contribution in [2.75, 3.05) is 25.2 Å². The van der Waals surface area contributed by atoms with E-state index in [1.807, 2.05) is 104 Å². The molecule has 6 rings (SSSR count). The molecule has 0 aromatic heterocycles. The summed E-state index contributed by atoms with van der Waals surface area (Å²) >= 11 is 1.43. The highest BCUT2D eigenvalue weighted by molar-refractivity contribution is 8.01. The lowest BCUT2D eigenvalue weighted by molar-refractivity contribution is -0.124. The van der Waals surface area contributed by atoms with E-state index in [0.717, 1.165) is 16.7 Å². The van der Waals surface area contributed by atoms with Crippen molar-refractivity contribution in [3.63, 3.8) is 0 Å². The average Bonchev–Trinajstić information content (AvgIpc) is 3.49. The molecule has 5 aromatic carbocycles. The van der Waals surface area contributed by atoms with Crippen LogP contribution in [0.5, 0.6) is 17.2 Å². The van der Waals surface area contributed by atoms with Crippen LogP contribution in [0.4, 0.5) is 5.69 Å². The van der Waals surface area contributed by atoms with E-state index in [4.69, 9.17) is 14.2 Å². The zero-order valence-corrected chi connectivity index (χ0v) is 29.4. The lowest BCUT2D eigenvalue weighted by Crippen LogP contribution is -2.34. The van der Waals surface area contributed by atoms with Crippen molar-refractivity contribution < 1.29 is 28.6 Å². The van der Waals surface area contributed by atoms with Gasteiger partial charge in [0.25, 0.3) is 0 Å². The monoisotopic (exact) mass is 700 g/mol. The van der Waals surface area contributed by atoms with Gasteiger partial charge in [0.1, 0.15) is 17.7 Å². The van der Waals surface area contributed by atoms with Crippen LogP contribution < -0.4 is 24.4 Å². The lowest BCUT2D eigenvalue weighted by Gasteiger charge is -2.25. The molecule has 5 aromatic rings. The quantitative estimate of drug-likeness (QED) is 0.111. The van der Waals surface area contributed by atoms with Crippen molar-refractivity contribution in [1.82, 2.24) is 5.32 Å². The Morgan fingerprint density at radius 2 is 1.49 bits per heavy atom. The summed E-state index contributed by atoms with van der Waals surface area (Å²) in [6.45, 7) is 3.28. The van der Waals surface area contributed by atoms with Crippen LogP contribution in [-0.2, 0) is 22.6 Å². The molecule has 2 amide bonds. The van der Waals surface area contributed by atoms with Gasteiger partial charge in [-0.05, 0) is 66.4 Å². The summed E-state index contributed by atoms with van der Waals surface area (Å²) in [5, 5.41) is 1.95. The zero-order chi connectivity index (χ0) is 35.6. The molecule has 1 fully saturated rings. The first kappa shape index (κ1) is 35.3. The summed E-state index contributed by atoms with van der Waals surface area (Å²) in [7, 11) is 1.60. The molecule has 0 aliphatic carbocycles. The number of hydrogen-bond acceptors (Lipinski definition) is 7. The van der Waals surface area contributed by atoms with Gasteiger partial charge in [-0.15, -0.1) is 11.8 Å². The second-order valence-corrected chi connectivity index (χ2v) is 13.3. The van der Waals surface area contributed by atoms with E-state index in [0.29, 0.717) is 60.2 Å². The van der Waals surface area contributed by atoms with E-state index in [1.54, 1.807) is 42.3 Å². The SMILES string of the molecule is CCOc1cc(CCNC(=O)C[C@@H]2S[C@@H](c3ccc(OCc4ccccc4)cc3)N(c3cccc(C(=O)c4ccccc4)c3)C2=O)ccc1OC. The summed E-state index contributed by atoms with van der Waals surface area (Å²) in [6, 6.07) is 39.5. The molecule has 0 bridgehead atoms. The van der Waals surface area contributed by atoms with Gasteiger partial charge in [0.2, 0.25) is 11.8 Å². The number of amides is 2. The average molecular weight is 701 g/mol. The van der Waals surface area contributed by atoms with Crippen LogP contribution in [0.2, 0.25) is 0 Å². The van der Waals surface area contributed by atoms with Crippen molar-refractivity contribution in [2.24, 2.45) is 0 Å². The first-order chi connectivity index (χ1) is 24.9. The van der Waals surface area contributed by atoms with Crippen LogP contribution >= 0.6 is 11.8 Å². The third-order valence-corrected chi connectivity index (χ3v) is 9.95. The number of benzene rings is 5. The number of nitrogens with zero attached hydrogens (tertiary/aromatic N) is 1. The second kappa shape index (κ2) is 16.9. The van der Waals surface area contributed by atoms with Crippen LogP contribution in [0.15, 0.2) is 127 Å². The van der Waals surface area contributed by atoms with Gasteiger partial charge in [0.15, 0.2) is 17.3 Å². The molecule has 9 heteroatoms. The maximum Gasteiger partial charge on any atom is 0.241 e. The molecular formula is C42H40N2O6S. The summed E-state index contributed by atoms with van der Waals surface area (Å²) in [4.78, 5) is 42.4. The minimum absolute atomic E-state index is 0.0181. The van der Waals surface area contributed by atoms with Gasteiger partial charge in [0, 0.05) is 29.8 Å². The molecule has 1 heterocycles. The van der Waals surface area contributed by atoms with Gasteiger partial charge in [-0.25, -0.2) is 0 Å². The number of ketones is 1. The molecule has 1 saturated heterocycles. The van der Waals surface area contributed by atoms with Gasteiger partial charge in [-0.1, -0.05) is 91.0 Å². The lowest BCUT2D eigenvalue weighted by atomic mass is 10.0. The number of rotatable bonds is 15. The third-order valence-electron chi connectivity index (χ3n) is 8.51. The molecule has 8 nitrogen and oxygen atoms in total. The number of methoxy groups -OCH3 is 1. The van der Waals surface area contributed by atoms with Crippen molar-refractivity contribution in [1.29, 1.82) is 0 Å². The van der Waals surface area contributed by atoms with Crippen LogP contribution in [0.25, 0.3) is 0 Å². The number of thioether (sulfide) groups is 1. The van der Waals surface area contributed by atoms with Gasteiger partial charge < -0.3 is 19.5 Å². The fourth-order valence-corrected chi connectivity index (χ4v) is 7.38. The predicted octanol–water partition coefficient (Wildman–Crippen LogP) is 7.80. The normalized spacial score (nSPS) is 15.3. The third kappa shape index (κ3) is 8.80. The van der Waals surface area contributed by atoms with Gasteiger partial charge in [0.05, 0.1) is 19.0 Å². The molecule has 260 valence electrons. The maximum absolute atomic E-state index is 14.1. The summed E-state index contributed by atoms with van der Waals surface area (Å²) < 4.78 is 17.1. The van der Waals surface area contributed by atoms with E-state index < -0.39 is 10.6 Å². The molecule has 51 heavy (non-hydrogen) atoms. The fraction of sp³-hybridized carbons (Fsp3) is 0.214. The van der Waals surface area contributed by atoms with Gasteiger partial charge in [-0.2, -0.15) is 0 Å². The number of carbonyl (C=O) groups excluding carboxylic acids is 3. The molecular weight excluding hydrogens is 661 g/mol. The molecule has 2 atom stereocenters. The van der Waals surface area contributed by atoms with Crippen molar-refractivity contribution >= 4 is 35.0 Å². The van der Waals surface area contributed by atoms with Crippen LogP contribution in [0, 0.1) is 0 Å². The molecule has 1 aliphatic heterocycles. The van der Waals surface area contributed by atoms with E-state index in [1.165, 1.54) is 11.8 Å². The van der Waals surface area contributed by atoms with Crippen molar-refractivity contribution in [2.45, 2.75) is 37.0 Å². The molecule has 0 unspecified atom stereocenters. The Bertz CT molecular complexity index is 1950. The van der Waals surface area contributed by atoms with Crippen LogP contribution in [0.3, 0.4) is 0 Å². The highest BCUT2D eigenvalue weighted by Gasteiger charge is 2.43.